The van der Waals surface area contributed by atoms with Crippen molar-refractivity contribution < 1.29 is 28.7 Å². The number of unbranched alkanes of at least 4 members (excludes halogenated alkanes) is 4. The predicted molar refractivity (Wildman–Crippen MR) is 159 cm³/mol. The number of carbonyl (C=O) groups excluding carboxylic acids is 4. The summed E-state index contributed by atoms with van der Waals surface area (Å²) >= 11 is 13.1. The van der Waals surface area contributed by atoms with Crippen molar-refractivity contribution in [3.8, 4) is 0 Å². The molecule has 0 aromatic rings. The average molecular weight is 603 g/mol. The van der Waals surface area contributed by atoms with Gasteiger partial charge in [0, 0.05) is 25.9 Å². The Bertz CT molecular complexity index is 876. The van der Waals surface area contributed by atoms with E-state index in [1.807, 2.05) is 27.7 Å². The molecule has 0 unspecified atom stereocenters. The number of hydrogen-bond donors (Lipinski definition) is 0. The molecule has 0 saturated carbocycles. The van der Waals surface area contributed by atoms with Gasteiger partial charge in [-0.2, -0.15) is 0 Å². The van der Waals surface area contributed by atoms with Crippen molar-refractivity contribution in [3.05, 3.63) is 9.81 Å². The van der Waals surface area contributed by atoms with Crippen molar-refractivity contribution >= 4 is 80.4 Å². The van der Waals surface area contributed by atoms with E-state index < -0.39 is 0 Å². The van der Waals surface area contributed by atoms with Gasteiger partial charge in [0.1, 0.15) is 8.64 Å². The van der Waals surface area contributed by atoms with Gasteiger partial charge in [-0.1, -0.05) is 88.5 Å². The van der Waals surface area contributed by atoms with E-state index in [-0.39, 0.29) is 23.8 Å². The lowest BCUT2D eigenvalue weighted by Gasteiger charge is -2.14. The van der Waals surface area contributed by atoms with Gasteiger partial charge in [0.15, 0.2) is 0 Å². The molecule has 0 atom stereocenters. The normalized spacial score (nSPS) is 17.9. The Morgan fingerprint density at radius 2 is 1.05 bits per heavy atom. The van der Waals surface area contributed by atoms with E-state index >= 15 is 0 Å². The molecule has 212 valence electrons. The summed E-state index contributed by atoms with van der Waals surface area (Å²) in [6, 6.07) is 0. The molecule has 8 nitrogen and oxygen atoms in total. The van der Waals surface area contributed by atoms with Crippen LogP contribution >= 0.6 is 48.0 Å². The average Bonchev–Trinajstić information content (AvgIpc) is 3.29. The monoisotopic (exact) mass is 602 g/mol. The lowest BCUT2D eigenvalue weighted by atomic mass is 10.2. The van der Waals surface area contributed by atoms with Gasteiger partial charge < -0.3 is 9.47 Å². The molecule has 2 fully saturated rings. The summed E-state index contributed by atoms with van der Waals surface area (Å²) < 4.78 is 11.2. The minimum atomic E-state index is -0.267. The molecule has 2 heterocycles. The molecule has 0 radical (unpaired) electrons. The topological polar surface area (TPSA) is 93.2 Å². The van der Waals surface area contributed by atoms with Crippen LogP contribution in [0.3, 0.4) is 0 Å². The van der Waals surface area contributed by atoms with Crippen LogP contribution in [0, 0.1) is 11.8 Å². The van der Waals surface area contributed by atoms with E-state index in [2.05, 4.69) is 0 Å². The largest absolute Gasteiger partial charge is 0.465 e. The molecule has 2 aliphatic rings. The van der Waals surface area contributed by atoms with Crippen LogP contribution in [0.1, 0.15) is 79.1 Å². The van der Waals surface area contributed by atoms with Crippen LogP contribution in [-0.2, 0) is 28.7 Å². The Labute approximate surface area is 245 Å². The van der Waals surface area contributed by atoms with Gasteiger partial charge >= 0.3 is 11.9 Å². The van der Waals surface area contributed by atoms with Crippen LogP contribution in [0.2, 0.25) is 0 Å². The fraction of sp³-hybridized carbons (Fsp3) is 0.692. The number of nitrogens with zero attached hydrogens (tertiary/aromatic N) is 2. The number of carbonyl (C=O) groups is 4. The number of thioether (sulfide) groups is 2. The Morgan fingerprint density at radius 1 is 0.684 bits per heavy atom. The fourth-order valence-corrected chi connectivity index (χ4v) is 6.32. The van der Waals surface area contributed by atoms with Gasteiger partial charge in [-0.05, 0) is 37.5 Å². The molecule has 0 N–H and O–H groups in total. The zero-order valence-electron chi connectivity index (χ0n) is 22.6. The van der Waals surface area contributed by atoms with Gasteiger partial charge in [0.25, 0.3) is 11.8 Å². The lowest BCUT2D eigenvalue weighted by molar-refractivity contribution is -0.145. The van der Waals surface area contributed by atoms with E-state index in [4.69, 9.17) is 33.9 Å². The molecule has 2 amide bonds. The molecule has 2 rings (SSSR count). The Balaban J connectivity index is 1.77. The first-order chi connectivity index (χ1) is 18.0. The molecule has 0 bridgehead atoms. The minimum absolute atomic E-state index is 0.199. The first-order valence-electron chi connectivity index (χ1n) is 13.1. The molecule has 2 aliphatic heterocycles. The highest BCUT2D eigenvalue weighted by Gasteiger charge is 2.41. The first-order valence-corrected chi connectivity index (χ1v) is 15.6. The zero-order valence-corrected chi connectivity index (χ0v) is 25.9. The Kier molecular flexibility index (Phi) is 14.3. The van der Waals surface area contributed by atoms with E-state index in [1.54, 1.807) is 0 Å². The third-order valence-corrected chi connectivity index (χ3v) is 8.61. The predicted octanol–water partition coefficient (Wildman–Crippen LogP) is 5.44. The number of thiocarbonyl (C=S) groups is 2. The molecular formula is C26H38N2O6S4. The highest BCUT2D eigenvalue weighted by molar-refractivity contribution is 8.29. The maximum absolute atomic E-state index is 13.1. The van der Waals surface area contributed by atoms with Crippen LogP contribution in [-0.4, -0.2) is 68.5 Å². The highest BCUT2D eigenvalue weighted by Crippen LogP contribution is 2.42. The van der Waals surface area contributed by atoms with Crippen LogP contribution in [0.15, 0.2) is 9.81 Å². The zero-order chi connectivity index (χ0) is 28.2. The highest BCUT2D eigenvalue weighted by atomic mass is 32.2. The van der Waals surface area contributed by atoms with Crippen molar-refractivity contribution in [2.45, 2.75) is 79.1 Å². The Hall–Kier alpha value is -1.50. The summed E-state index contributed by atoms with van der Waals surface area (Å²) in [7, 11) is 0. The van der Waals surface area contributed by atoms with Crippen molar-refractivity contribution in [1.29, 1.82) is 0 Å². The molecule has 0 aliphatic carbocycles. The number of amides is 2. The van der Waals surface area contributed by atoms with Gasteiger partial charge in [0.2, 0.25) is 0 Å². The summed E-state index contributed by atoms with van der Waals surface area (Å²) in [4.78, 5) is 53.3. The summed E-state index contributed by atoms with van der Waals surface area (Å²) in [6.45, 7) is 9.70. The molecule has 38 heavy (non-hydrogen) atoms. The molecule has 0 aromatic heterocycles. The van der Waals surface area contributed by atoms with Crippen LogP contribution in [0.4, 0.5) is 0 Å². The number of hydrogen-bond acceptors (Lipinski definition) is 10. The number of esters is 2. The van der Waals surface area contributed by atoms with Crippen molar-refractivity contribution in [2.75, 3.05) is 26.3 Å². The van der Waals surface area contributed by atoms with Crippen LogP contribution in [0.5, 0.6) is 0 Å². The second kappa shape index (κ2) is 16.6. The third-order valence-electron chi connectivity index (χ3n) is 5.59. The van der Waals surface area contributed by atoms with E-state index in [9.17, 15) is 19.2 Å². The van der Waals surface area contributed by atoms with E-state index in [0.717, 1.165) is 36.4 Å². The molecule has 12 heteroatoms. The SMILES string of the molecule is CC(C)COC(=O)CCCCCN1C(=O)/C(=C2/SC(=S)N(CCCCCC(=O)OCC(C)C)C2=O)SC1=S. The second-order valence-corrected chi connectivity index (χ2v) is 13.4. The smallest absolute Gasteiger partial charge is 0.305 e. The van der Waals surface area contributed by atoms with Gasteiger partial charge in [-0.25, -0.2) is 0 Å². The molecule has 2 saturated heterocycles. The van der Waals surface area contributed by atoms with E-state index in [1.165, 1.54) is 9.80 Å². The third kappa shape index (κ3) is 10.6. The van der Waals surface area contributed by atoms with Crippen LogP contribution < -0.4 is 0 Å². The van der Waals surface area contributed by atoms with Crippen molar-refractivity contribution in [1.82, 2.24) is 9.80 Å². The maximum atomic E-state index is 13.1. The number of rotatable bonds is 16. The van der Waals surface area contributed by atoms with Gasteiger partial charge in [0.05, 0.1) is 23.0 Å². The summed E-state index contributed by atoms with van der Waals surface area (Å²) in [5.74, 6) is -0.311. The molecule has 0 aromatic carbocycles. The van der Waals surface area contributed by atoms with Gasteiger partial charge in [-0.3, -0.25) is 29.0 Å². The van der Waals surface area contributed by atoms with E-state index in [0.29, 0.717) is 95.1 Å². The van der Waals surface area contributed by atoms with Gasteiger partial charge in [-0.15, -0.1) is 0 Å². The minimum Gasteiger partial charge on any atom is -0.465 e. The first kappa shape index (κ1) is 32.7. The maximum Gasteiger partial charge on any atom is 0.305 e. The quantitative estimate of drug-likeness (QED) is 0.0984. The lowest BCUT2D eigenvalue weighted by Crippen LogP contribution is -2.31. The van der Waals surface area contributed by atoms with Crippen molar-refractivity contribution in [2.24, 2.45) is 11.8 Å². The molecular weight excluding hydrogens is 565 g/mol. The standard InChI is InChI=1S/C26H38N2O6S4/c1-17(2)15-33-19(29)11-7-5-9-13-27-23(31)21(37-25(27)35)22-24(32)28(26(36)38-22)14-10-6-8-12-20(30)34-16-18(3)4/h17-18H,5-16H2,1-4H3/b22-21-. The summed E-state index contributed by atoms with van der Waals surface area (Å²) in [6.07, 6.45) is 5.01. The van der Waals surface area contributed by atoms with Crippen LogP contribution in [0.25, 0.3) is 0 Å². The van der Waals surface area contributed by atoms with Crippen molar-refractivity contribution in [3.63, 3.8) is 0 Å². The summed E-state index contributed by atoms with van der Waals surface area (Å²) in [5, 5.41) is 0. The Morgan fingerprint density at radius 3 is 1.39 bits per heavy atom. The second-order valence-electron chi connectivity index (χ2n) is 10.1. The number of ether oxygens (including phenoxy) is 2. The molecule has 0 spiro atoms. The fourth-order valence-electron chi connectivity index (χ4n) is 3.55. The summed E-state index contributed by atoms with van der Waals surface area (Å²) in [5.41, 5.74) is 0.